The topological polar surface area (TPSA) is 100 Å². The zero-order valence-electron chi connectivity index (χ0n) is 15.1. The maximum atomic E-state index is 12.3. The van der Waals surface area contributed by atoms with Crippen molar-refractivity contribution in [2.24, 2.45) is 0 Å². The molecule has 0 heterocycles. The molecule has 8 heteroatoms. The molecule has 0 N–H and O–H groups in total. The smallest absolute Gasteiger partial charge is 0.343 e. The quantitative estimate of drug-likeness (QED) is 0.334. The monoisotopic (exact) mass is 524 g/mol. The molecule has 0 aliphatic heterocycles. The van der Waals surface area contributed by atoms with Crippen molar-refractivity contribution in [1.82, 2.24) is 0 Å². The second-order valence-corrected chi connectivity index (χ2v) is 7.58. The summed E-state index contributed by atoms with van der Waals surface area (Å²) in [5, 5.41) is 17.7. The molecule has 3 rings (SSSR count). The maximum Gasteiger partial charge on any atom is 0.343 e. The molecule has 0 radical (unpaired) electrons. The zero-order chi connectivity index (χ0) is 21.7. The van der Waals surface area contributed by atoms with Gasteiger partial charge in [0.15, 0.2) is 0 Å². The Hall–Kier alpha value is -3.46. The van der Waals surface area contributed by atoms with Gasteiger partial charge in [0.25, 0.3) is 0 Å². The van der Waals surface area contributed by atoms with Crippen LogP contribution < -0.4 is 9.47 Å². The molecule has 146 valence electrons. The van der Waals surface area contributed by atoms with E-state index in [1.54, 1.807) is 0 Å². The van der Waals surface area contributed by atoms with Gasteiger partial charge in [0.2, 0.25) is 0 Å². The average Bonchev–Trinajstić information content (AvgIpc) is 2.77. The van der Waals surface area contributed by atoms with Crippen molar-refractivity contribution < 1.29 is 19.1 Å². The first-order valence-corrected chi connectivity index (χ1v) is 9.93. The van der Waals surface area contributed by atoms with E-state index in [1.165, 1.54) is 60.7 Å². The van der Waals surface area contributed by atoms with E-state index in [0.29, 0.717) is 20.1 Å². The Morgan fingerprint density at radius 1 is 0.667 bits per heavy atom. The van der Waals surface area contributed by atoms with Gasteiger partial charge in [-0.3, -0.25) is 0 Å². The van der Waals surface area contributed by atoms with Crippen LogP contribution in [0.1, 0.15) is 31.8 Å². The number of benzene rings is 3. The lowest BCUT2D eigenvalue weighted by Crippen LogP contribution is -2.10. The minimum Gasteiger partial charge on any atom is -0.422 e. The molecular formula is C22H10Br2N2O4. The van der Waals surface area contributed by atoms with Crippen molar-refractivity contribution in [2.75, 3.05) is 0 Å². The summed E-state index contributed by atoms with van der Waals surface area (Å²) in [5.41, 5.74) is 1.44. The van der Waals surface area contributed by atoms with Crippen molar-refractivity contribution >= 4 is 43.8 Å². The average molecular weight is 526 g/mol. The summed E-state index contributed by atoms with van der Waals surface area (Å²) >= 11 is 6.60. The van der Waals surface area contributed by atoms with Crippen LogP contribution in [0.2, 0.25) is 0 Å². The van der Waals surface area contributed by atoms with Crippen LogP contribution in [0.4, 0.5) is 0 Å². The molecule has 0 aliphatic carbocycles. The van der Waals surface area contributed by atoms with Crippen LogP contribution in [0.3, 0.4) is 0 Å². The lowest BCUT2D eigenvalue weighted by atomic mass is 10.1. The second kappa shape index (κ2) is 9.36. The molecule has 0 fully saturated rings. The molecule has 0 amide bonds. The fourth-order valence-corrected chi connectivity index (χ4v) is 3.15. The van der Waals surface area contributed by atoms with Gasteiger partial charge in [0, 0.05) is 12.1 Å². The third-order valence-corrected chi connectivity index (χ3v) is 5.13. The number of hydrogen-bond donors (Lipinski definition) is 0. The molecule has 0 unspecified atom stereocenters. The second-order valence-electron chi connectivity index (χ2n) is 5.87. The van der Waals surface area contributed by atoms with Gasteiger partial charge in [0.1, 0.15) is 11.5 Å². The molecule has 0 aliphatic rings. The van der Waals surface area contributed by atoms with E-state index in [4.69, 9.17) is 20.0 Å². The fourth-order valence-electron chi connectivity index (χ4n) is 2.35. The van der Waals surface area contributed by atoms with E-state index in [2.05, 4.69) is 31.9 Å². The SMILES string of the molecule is N#Cc1ccc(C(=O)Oc2cc(Br)c(OC(=O)c3ccc(C#N)cc3)cc2Br)cc1. The zero-order valence-corrected chi connectivity index (χ0v) is 18.2. The number of rotatable bonds is 4. The molecule has 0 bridgehead atoms. The molecule has 0 spiro atoms. The van der Waals surface area contributed by atoms with Gasteiger partial charge in [-0.05, 0) is 80.4 Å². The lowest BCUT2D eigenvalue weighted by Gasteiger charge is -2.11. The summed E-state index contributed by atoms with van der Waals surface area (Å²) in [6.07, 6.45) is 0. The summed E-state index contributed by atoms with van der Waals surface area (Å²) in [6, 6.07) is 19.0. The van der Waals surface area contributed by atoms with Crippen molar-refractivity contribution in [1.29, 1.82) is 10.5 Å². The molecule has 0 saturated heterocycles. The Balaban J connectivity index is 1.75. The van der Waals surface area contributed by atoms with Crippen LogP contribution in [0.15, 0.2) is 69.6 Å². The van der Waals surface area contributed by atoms with E-state index in [1.807, 2.05) is 12.1 Å². The minimum absolute atomic E-state index is 0.217. The molecule has 0 aromatic heterocycles. The molecule has 0 saturated carbocycles. The highest BCUT2D eigenvalue weighted by Gasteiger charge is 2.17. The molecule has 6 nitrogen and oxygen atoms in total. The Bertz CT molecular complexity index is 1110. The maximum absolute atomic E-state index is 12.3. The van der Waals surface area contributed by atoms with Gasteiger partial charge < -0.3 is 9.47 Å². The minimum atomic E-state index is -0.602. The third-order valence-electron chi connectivity index (χ3n) is 3.89. The van der Waals surface area contributed by atoms with Crippen LogP contribution >= 0.6 is 31.9 Å². The van der Waals surface area contributed by atoms with Gasteiger partial charge in [-0.1, -0.05) is 0 Å². The van der Waals surface area contributed by atoms with Gasteiger partial charge in [-0.25, -0.2) is 9.59 Å². The highest BCUT2D eigenvalue weighted by molar-refractivity contribution is 9.11. The summed E-state index contributed by atoms with van der Waals surface area (Å²) in [4.78, 5) is 24.7. The van der Waals surface area contributed by atoms with Gasteiger partial charge in [0.05, 0.1) is 43.3 Å². The van der Waals surface area contributed by atoms with E-state index in [0.717, 1.165) is 0 Å². The number of nitriles is 2. The Morgan fingerprint density at radius 3 is 1.30 bits per heavy atom. The van der Waals surface area contributed by atoms with E-state index < -0.39 is 11.9 Å². The number of ether oxygens (including phenoxy) is 2. The Morgan fingerprint density at radius 2 is 1.00 bits per heavy atom. The van der Waals surface area contributed by atoms with Gasteiger partial charge in [-0.2, -0.15) is 10.5 Å². The van der Waals surface area contributed by atoms with Gasteiger partial charge in [-0.15, -0.1) is 0 Å². The van der Waals surface area contributed by atoms with Crippen LogP contribution in [0.25, 0.3) is 0 Å². The molecule has 0 atom stereocenters. The van der Waals surface area contributed by atoms with Crippen molar-refractivity contribution in [3.8, 4) is 23.6 Å². The standard InChI is InChI=1S/C22H10Br2N2O4/c23-17-10-20(30-22(28)16-7-3-14(12-26)4-8-16)18(24)9-19(17)29-21(27)15-5-1-13(11-25)2-6-15/h1-10H. The first kappa shape index (κ1) is 21.3. The molecular weight excluding hydrogens is 516 g/mol. The largest absolute Gasteiger partial charge is 0.422 e. The van der Waals surface area contributed by atoms with E-state index in [-0.39, 0.29) is 22.6 Å². The Labute approximate surface area is 188 Å². The number of halogens is 2. The molecule has 3 aromatic rings. The summed E-state index contributed by atoms with van der Waals surface area (Å²) in [5.74, 6) is -0.771. The summed E-state index contributed by atoms with van der Waals surface area (Å²) < 4.78 is 11.6. The molecule has 30 heavy (non-hydrogen) atoms. The van der Waals surface area contributed by atoms with E-state index >= 15 is 0 Å². The van der Waals surface area contributed by atoms with Crippen molar-refractivity contribution in [3.05, 3.63) is 91.9 Å². The van der Waals surface area contributed by atoms with E-state index in [9.17, 15) is 9.59 Å². The number of esters is 2. The van der Waals surface area contributed by atoms with Crippen LogP contribution in [0.5, 0.6) is 11.5 Å². The van der Waals surface area contributed by atoms with Crippen molar-refractivity contribution in [3.63, 3.8) is 0 Å². The van der Waals surface area contributed by atoms with Crippen molar-refractivity contribution in [2.45, 2.75) is 0 Å². The number of hydrogen-bond acceptors (Lipinski definition) is 6. The first-order chi connectivity index (χ1) is 14.4. The number of carbonyl (C=O) groups is 2. The predicted molar refractivity (Wildman–Crippen MR) is 114 cm³/mol. The van der Waals surface area contributed by atoms with Crippen LogP contribution in [-0.2, 0) is 0 Å². The third kappa shape index (κ3) is 4.93. The first-order valence-electron chi connectivity index (χ1n) is 8.35. The summed E-state index contributed by atoms with van der Waals surface area (Å²) in [6.45, 7) is 0. The number of nitrogens with zero attached hydrogens (tertiary/aromatic N) is 2. The fraction of sp³-hybridized carbons (Fsp3) is 0. The van der Waals surface area contributed by atoms with Gasteiger partial charge >= 0.3 is 11.9 Å². The lowest BCUT2D eigenvalue weighted by molar-refractivity contribution is 0.0717. The van der Waals surface area contributed by atoms with Crippen LogP contribution in [0, 0.1) is 22.7 Å². The summed E-state index contributed by atoms with van der Waals surface area (Å²) in [7, 11) is 0. The van der Waals surface area contributed by atoms with Crippen LogP contribution in [-0.4, -0.2) is 11.9 Å². The Kier molecular flexibility index (Phi) is 6.63. The molecule has 3 aromatic carbocycles. The number of carbonyl (C=O) groups excluding carboxylic acids is 2. The predicted octanol–water partition coefficient (Wildman–Crippen LogP) is 5.39. The highest BCUT2D eigenvalue weighted by atomic mass is 79.9. The highest BCUT2D eigenvalue weighted by Crippen LogP contribution is 2.37. The normalized spacial score (nSPS) is 9.87.